The molecular weight excluding hydrogens is 543 g/mol. The molecule has 0 saturated carbocycles. The highest BCUT2D eigenvalue weighted by Crippen LogP contribution is 2.18. The summed E-state index contributed by atoms with van der Waals surface area (Å²) in [5, 5.41) is 20.6. The van der Waals surface area contributed by atoms with Crippen LogP contribution in [-0.2, 0) is 12.8 Å². The third-order valence-corrected chi connectivity index (χ3v) is 6.78. The van der Waals surface area contributed by atoms with Crippen LogP contribution in [-0.4, -0.2) is 63.9 Å². The molecule has 0 fully saturated rings. The van der Waals surface area contributed by atoms with Gasteiger partial charge in [0.05, 0.1) is 6.61 Å². The number of alkyl halides is 1. The summed E-state index contributed by atoms with van der Waals surface area (Å²) < 4.78 is 24.0. The number of aliphatic hydroxyl groups is 2. The predicted molar refractivity (Wildman–Crippen MR) is 143 cm³/mol. The van der Waals surface area contributed by atoms with Crippen LogP contribution in [0.1, 0.15) is 23.2 Å². The average molecular weight is 573 g/mol. The van der Waals surface area contributed by atoms with Crippen LogP contribution in [0.4, 0.5) is 9.18 Å². The van der Waals surface area contributed by atoms with Gasteiger partial charge < -0.3 is 29.6 Å². The van der Waals surface area contributed by atoms with E-state index >= 15 is 0 Å². The van der Waals surface area contributed by atoms with Gasteiger partial charge in [-0.25, -0.2) is 9.18 Å². The van der Waals surface area contributed by atoms with Crippen molar-refractivity contribution in [3.63, 3.8) is 0 Å². The molecule has 0 saturated heterocycles. The first kappa shape index (κ1) is 26.9. The molecule has 2 aromatic carbocycles. The van der Waals surface area contributed by atoms with Crippen molar-refractivity contribution in [1.29, 1.82) is 0 Å². The van der Waals surface area contributed by atoms with Crippen molar-refractivity contribution in [2.45, 2.75) is 30.2 Å². The second kappa shape index (κ2) is 12.4. The summed E-state index contributed by atoms with van der Waals surface area (Å²) in [7, 11) is 1.68. The lowest BCUT2D eigenvalue weighted by Gasteiger charge is -2.17. The van der Waals surface area contributed by atoms with E-state index in [1.54, 1.807) is 7.05 Å². The molecule has 9 heteroatoms. The number of carbonyl (C=O) groups excluding carboxylic acids is 1. The molecule has 2 unspecified atom stereocenters. The minimum atomic E-state index is -0.913. The molecule has 0 radical (unpaired) electrons. The lowest BCUT2D eigenvalue weighted by Crippen LogP contribution is -2.34. The smallest absolute Gasteiger partial charge is 0.414 e. The summed E-state index contributed by atoms with van der Waals surface area (Å²) in [6.07, 6.45) is 5.14. The molecule has 37 heavy (non-hydrogen) atoms. The van der Waals surface area contributed by atoms with E-state index in [9.17, 15) is 14.3 Å². The molecule has 1 aliphatic carbocycles. The number of benzene rings is 2. The predicted octanol–water partition coefficient (Wildman–Crippen LogP) is 2.88. The number of carbonyl (C=O) groups is 1. The molecule has 196 valence electrons. The molecule has 2 atom stereocenters. The molecule has 0 aliphatic heterocycles. The molecule has 1 amide bonds. The van der Waals surface area contributed by atoms with Crippen molar-refractivity contribution in [3.8, 4) is 11.5 Å². The quantitative estimate of drug-likeness (QED) is 0.325. The van der Waals surface area contributed by atoms with E-state index in [1.807, 2.05) is 24.3 Å². The van der Waals surface area contributed by atoms with Crippen LogP contribution in [0.15, 0.2) is 48.5 Å². The van der Waals surface area contributed by atoms with E-state index in [0.29, 0.717) is 30.9 Å². The Morgan fingerprint density at radius 2 is 1.89 bits per heavy atom. The summed E-state index contributed by atoms with van der Waals surface area (Å²) in [6.45, 7) is 0.124. The molecule has 0 spiro atoms. The first-order chi connectivity index (χ1) is 17.8. The third kappa shape index (κ3) is 7.21. The molecule has 3 N–H and O–H groups in total. The average Bonchev–Trinajstić information content (AvgIpc) is 3.23. The Kier molecular flexibility index (Phi) is 9.02. The van der Waals surface area contributed by atoms with Crippen molar-refractivity contribution in [2.24, 2.45) is 0 Å². The van der Waals surface area contributed by atoms with Gasteiger partial charge in [-0.15, -0.1) is 0 Å². The number of halogens is 2. The molecule has 0 bridgehead atoms. The normalized spacial score (nSPS) is 15.2. The van der Waals surface area contributed by atoms with Crippen LogP contribution >= 0.6 is 15.9 Å². The molecule has 1 heterocycles. The zero-order chi connectivity index (χ0) is 26.4. The maximum atomic E-state index is 13.1. The Labute approximate surface area is 223 Å². The second-order valence-corrected chi connectivity index (χ2v) is 10.2. The lowest BCUT2D eigenvalue weighted by molar-refractivity contribution is 0.0536. The number of rotatable bonds is 10. The first-order valence-electron chi connectivity index (χ1n) is 12.1. The van der Waals surface area contributed by atoms with Crippen LogP contribution in [0.25, 0.3) is 12.2 Å². The highest BCUT2D eigenvalue weighted by atomic mass is 79.9. The largest absolute Gasteiger partial charge is 0.491 e. The van der Waals surface area contributed by atoms with Gasteiger partial charge in [0.15, 0.2) is 0 Å². The Morgan fingerprint density at radius 3 is 2.59 bits per heavy atom. The van der Waals surface area contributed by atoms with Crippen molar-refractivity contribution in [3.05, 3.63) is 81.7 Å². The maximum absolute atomic E-state index is 13.1. The molecule has 1 aromatic heterocycles. The molecular formula is C28H30BrFN2O5. The highest BCUT2D eigenvalue weighted by Gasteiger charge is 2.17. The number of aromatic nitrogens is 1. The number of amides is 1. The number of fused-ring (bicyclic) bond motifs is 1. The fraction of sp³-hybridized carbons (Fsp3) is 0.321. The number of hydrogen-bond donors (Lipinski definition) is 3. The van der Waals surface area contributed by atoms with Gasteiger partial charge in [-0.3, -0.25) is 0 Å². The lowest BCUT2D eigenvalue weighted by atomic mass is 10.0. The zero-order valence-electron chi connectivity index (χ0n) is 20.5. The zero-order valence-corrected chi connectivity index (χ0v) is 22.1. The summed E-state index contributed by atoms with van der Waals surface area (Å²) in [4.78, 5) is 17.9. The van der Waals surface area contributed by atoms with E-state index < -0.39 is 18.0 Å². The molecule has 7 nitrogen and oxygen atoms in total. The van der Waals surface area contributed by atoms with E-state index in [4.69, 9.17) is 14.6 Å². The number of likely N-dealkylation sites (N-methyl/N-ethyl adjacent to an activating group) is 1. The van der Waals surface area contributed by atoms with Gasteiger partial charge in [-0.2, -0.15) is 0 Å². The van der Waals surface area contributed by atoms with Crippen molar-refractivity contribution in [2.75, 3.05) is 26.8 Å². The minimum absolute atomic E-state index is 0.0276. The number of aromatic amines is 1. The van der Waals surface area contributed by atoms with Gasteiger partial charge in [0.25, 0.3) is 0 Å². The van der Waals surface area contributed by atoms with E-state index in [0.717, 1.165) is 33.8 Å². The van der Waals surface area contributed by atoms with E-state index in [-0.39, 0.29) is 18.0 Å². The van der Waals surface area contributed by atoms with Crippen molar-refractivity contribution < 1.29 is 28.9 Å². The topological polar surface area (TPSA) is 95.0 Å². The van der Waals surface area contributed by atoms with Gasteiger partial charge in [0, 0.05) is 35.9 Å². The summed E-state index contributed by atoms with van der Waals surface area (Å²) in [5.74, 6) is 0.521. The van der Waals surface area contributed by atoms with Crippen LogP contribution in [0.5, 0.6) is 11.5 Å². The Bertz CT molecular complexity index is 1320. The van der Waals surface area contributed by atoms with Gasteiger partial charge in [-0.1, -0.05) is 40.2 Å². The number of ether oxygens (including phenoxy) is 2. The Balaban J connectivity index is 1.47. The standard InChI is InChI=1S/C28H30BrFN2O5/c1-32(28(35)37-23-9-5-20(30)6-10-23)13-12-24-25-15-19(29)4-11-26(25)31-27(24)14-18-2-7-22(8-3-18)36-17-21(34)16-33/h2-3,5-11,15,19,21,31,33-34H,4,12-14,16-17H2,1H3. The second-order valence-electron chi connectivity index (χ2n) is 8.99. The summed E-state index contributed by atoms with van der Waals surface area (Å²) in [6, 6.07) is 13.0. The van der Waals surface area contributed by atoms with Crippen LogP contribution < -0.4 is 20.0 Å². The first-order valence-corrected chi connectivity index (χ1v) is 13.0. The van der Waals surface area contributed by atoms with Gasteiger partial charge in [0.2, 0.25) is 0 Å². The van der Waals surface area contributed by atoms with Gasteiger partial charge >= 0.3 is 6.09 Å². The number of aliphatic hydroxyl groups excluding tert-OH is 2. The number of nitrogens with one attached hydrogen (secondary N) is 1. The van der Waals surface area contributed by atoms with Crippen LogP contribution in [0.2, 0.25) is 0 Å². The Morgan fingerprint density at radius 1 is 1.19 bits per heavy atom. The molecule has 1 aliphatic rings. The van der Waals surface area contributed by atoms with Gasteiger partial charge in [0.1, 0.15) is 30.0 Å². The van der Waals surface area contributed by atoms with E-state index in [2.05, 4.69) is 33.1 Å². The summed E-state index contributed by atoms with van der Waals surface area (Å²) in [5.41, 5.74) is 3.29. The summed E-state index contributed by atoms with van der Waals surface area (Å²) >= 11 is 3.69. The van der Waals surface area contributed by atoms with Crippen molar-refractivity contribution in [1.82, 2.24) is 9.88 Å². The molecule has 4 rings (SSSR count). The SMILES string of the molecule is CN(CCc1c(Cc2ccc(OCC(O)CO)cc2)[nH]c2c1=CC(Br)CC=2)C(=O)Oc1ccc(F)cc1. The number of hydrogen-bond acceptors (Lipinski definition) is 5. The van der Waals surface area contributed by atoms with E-state index in [1.165, 1.54) is 29.2 Å². The van der Waals surface area contributed by atoms with Gasteiger partial charge in [-0.05, 0) is 65.6 Å². The fourth-order valence-corrected chi connectivity index (χ4v) is 4.55. The third-order valence-electron chi connectivity index (χ3n) is 6.14. The number of H-pyrrole nitrogens is 1. The molecule has 3 aromatic rings. The monoisotopic (exact) mass is 572 g/mol. The van der Waals surface area contributed by atoms with Crippen LogP contribution in [0, 0.1) is 5.82 Å². The van der Waals surface area contributed by atoms with Crippen LogP contribution in [0.3, 0.4) is 0 Å². The Hall–Kier alpha value is -3.14. The highest BCUT2D eigenvalue weighted by molar-refractivity contribution is 9.09. The fourth-order valence-electron chi connectivity index (χ4n) is 4.10. The minimum Gasteiger partial charge on any atom is -0.491 e. The maximum Gasteiger partial charge on any atom is 0.414 e. The number of nitrogens with zero attached hydrogens (tertiary/aromatic N) is 1. The van der Waals surface area contributed by atoms with Crippen molar-refractivity contribution >= 4 is 34.2 Å².